The summed E-state index contributed by atoms with van der Waals surface area (Å²) in [5, 5.41) is 0. The largest absolute Gasteiger partial charge is 0.345 e. The fourth-order valence-electron chi connectivity index (χ4n) is 1.90. The molecule has 0 bridgehead atoms. The second-order valence-corrected chi connectivity index (χ2v) is 6.82. The minimum absolute atomic E-state index is 0.157. The van der Waals surface area contributed by atoms with E-state index >= 15 is 0 Å². The first-order valence-corrected chi connectivity index (χ1v) is 8.15. The standard InChI is InChI=1S/C13H9BrFN3O2S/c14-9-5-4-8(6-10(9)15)21(19,20)18-12-3-1-2-11-13(12)17-7-16-11/h1-7,18H,(H,16,17). The van der Waals surface area contributed by atoms with Gasteiger partial charge in [0.15, 0.2) is 0 Å². The second-order valence-electron chi connectivity index (χ2n) is 4.29. The molecule has 0 fully saturated rings. The molecule has 0 saturated carbocycles. The van der Waals surface area contributed by atoms with Crippen LogP contribution in [-0.4, -0.2) is 18.4 Å². The van der Waals surface area contributed by atoms with Crippen LogP contribution in [0.15, 0.2) is 52.1 Å². The van der Waals surface area contributed by atoms with Gasteiger partial charge in [0.2, 0.25) is 0 Å². The lowest BCUT2D eigenvalue weighted by molar-refractivity contribution is 0.594. The molecule has 2 N–H and O–H groups in total. The number of aromatic nitrogens is 2. The predicted octanol–water partition coefficient (Wildman–Crippen LogP) is 3.27. The Morgan fingerprint density at radius 2 is 2.05 bits per heavy atom. The van der Waals surface area contributed by atoms with Gasteiger partial charge in [0.1, 0.15) is 11.3 Å². The summed E-state index contributed by atoms with van der Waals surface area (Å²) in [5.41, 5.74) is 1.54. The van der Waals surface area contributed by atoms with Crippen LogP contribution in [0.4, 0.5) is 10.1 Å². The van der Waals surface area contributed by atoms with Crippen molar-refractivity contribution in [3.8, 4) is 0 Å². The summed E-state index contributed by atoms with van der Waals surface area (Å²) in [5.74, 6) is -0.643. The molecule has 0 atom stereocenters. The van der Waals surface area contributed by atoms with Crippen LogP contribution in [0.1, 0.15) is 0 Å². The first kappa shape index (κ1) is 14.0. The number of fused-ring (bicyclic) bond motifs is 1. The molecule has 2 aromatic carbocycles. The Balaban J connectivity index is 2.03. The number of nitrogens with zero attached hydrogens (tertiary/aromatic N) is 1. The van der Waals surface area contributed by atoms with Crippen LogP contribution in [0, 0.1) is 5.82 Å². The summed E-state index contributed by atoms with van der Waals surface area (Å²) in [6, 6.07) is 8.69. The number of hydrogen-bond donors (Lipinski definition) is 2. The van der Waals surface area contributed by atoms with Gasteiger partial charge in [-0.3, -0.25) is 4.72 Å². The first-order valence-electron chi connectivity index (χ1n) is 5.87. The highest BCUT2D eigenvalue weighted by molar-refractivity contribution is 9.10. The van der Waals surface area contributed by atoms with Crippen molar-refractivity contribution in [3.05, 3.63) is 53.0 Å². The average molecular weight is 370 g/mol. The normalized spacial score (nSPS) is 11.7. The minimum atomic E-state index is -3.89. The molecular weight excluding hydrogens is 361 g/mol. The lowest BCUT2D eigenvalue weighted by atomic mass is 10.3. The zero-order valence-corrected chi connectivity index (χ0v) is 12.9. The van der Waals surface area contributed by atoms with Gasteiger partial charge in [-0.1, -0.05) is 6.07 Å². The van der Waals surface area contributed by atoms with E-state index in [1.807, 2.05) is 0 Å². The van der Waals surface area contributed by atoms with E-state index in [0.29, 0.717) is 16.7 Å². The van der Waals surface area contributed by atoms with Gasteiger partial charge in [0, 0.05) is 0 Å². The van der Waals surface area contributed by atoms with Crippen LogP contribution in [0.2, 0.25) is 0 Å². The number of para-hydroxylation sites is 1. The summed E-state index contributed by atoms with van der Waals surface area (Å²) >= 11 is 2.99. The number of halogens is 2. The van der Waals surface area contributed by atoms with Gasteiger partial charge in [0.25, 0.3) is 10.0 Å². The Hall–Kier alpha value is -1.93. The van der Waals surface area contributed by atoms with E-state index in [9.17, 15) is 12.8 Å². The maximum absolute atomic E-state index is 13.5. The van der Waals surface area contributed by atoms with E-state index in [-0.39, 0.29) is 9.37 Å². The average Bonchev–Trinajstić information content (AvgIpc) is 2.91. The van der Waals surface area contributed by atoms with Crippen molar-refractivity contribution >= 4 is 42.7 Å². The van der Waals surface area contributed by atoms with Crippen LogP contribution >= 0.6 is 15.9 Å². The Kier molecular flexibility index (Phi) is 3.42. The molecule has 0 spiro atoms. The molecular formula is C13H9BrFN3O2S. The van der Waals surface area contributed by atoms with Crippen molar-refractivity contribution in [2.45, 2.75) is 4.90 Å². The molecule has 5 nitrogen and oxygen atoms in total. The Bertz CT molecular complexity index is 924. The van der Waals surface area contributed by atoms with E-state index in [1.165, 1.54) is 18.5 Å². The zero-order valence-electron chi connectivity index (χ0n) is 10.5. The first-order chi connectivity index (χ1) is 9.97. The topological polar surface area (TPSA) is 74.8 Å². The zero-order chi connectivity index (χ0) is 15.0. The van der Waals surface area contributed by atoms with Crippen LogP contribution < -0.4 is 4.72 Å². The van der Waals surface area contributed by atoms with E-state index in [0.717, 1.165) is 6.07 Å². The molecule has 0 amide bonds. The molecule has 3 aromatic rings. The molecule has 0 saturated heterocycles. The highest BCUT2D eigenvalue weighted by Crippen LogP contribution is 2.25. The van der Waals surface area contributed by atoms with Gasteiger partial charge < -0.3 is 4.98 Å². The summed E-state index contributed by atoms with van der Waals surface area (Å²) in [7, 11) is -3.89. The second kappa shape index (κ2) is 5.12. The summed E-state index contributed by atoms with van der Waals surface area (Å²) < 4.78 is 40.7. The Morgan fingerprint density at radius 3 is 2.81 bits per heavy atom. The Labute approximate surface area is 128 Å². The third-order valence-electron chi connectivity index (χ3n) is 2.90. The SMILES string of the molecule is O=S(=O)(Nc1cccc2[nH]cnc12)c1ccc(Br)c(F)c1. The highest BCUT2D eigenvalue weighted by atomic mass is 79.9. The van der Waals surface area contributed by atoms with Crippen molar-refractivity contribution in [2.24, 2.45) is 0 Å². The van der Waals surface area contributed by atoms with Crippen LogP contribution in [-0.2, 0) is 10.0 Å². The van der Waals surface area contributed by atoms with Crippen LogP contribution in [0.25, 0.3) is 11.0 Å². The molecule has 8 heteroatoms. The molecule has 0 aliphatic heterocycles. The Morgan fingerprint density at radius 1 is 1.24 bits per heavy atom. The van der Waals surface area contributed by atoms with E-state index in [4.69, 9.17) is 0 Å². The monoisotopic (exact) mass is 369 g/mol. The van der Waals surface area contributed by atoms with Gasteiger partial charge in [0.05, 0.1) is 26.9 Å². The van der Waals surface area contributed by atoms with E-state index in [1.54, 1.807) is 18.2 Å². The summed E-state index contributed by atoms with van der Waals surface area (Å²) in [6.45, 7) is 0. The number of nitrogens with one attached hydrogen (secondary N) is 2. The van der Waals surface area contributed by atoms with Gasteiger partial charge in [-0.15, -0.1) is 0 Å². The van der Waals surface area contributed by atoms with Crippen molar-refractivity contribution in [1.29, 1.82) is 0 Å². The lowest BCUT2D eigenvalue weighted by Crippen LogP contribution is -2.13. The molecule has 108 valence electrons. The van der Waals surface area contributed by atoms with E-state index < -0.39 is 15.8 Å². The molecule has 0 aliphatic carbocycles. The summed E-state index contributed by atoms with van der Waals surface area (Å²) in [6.07, 6.45) is 1.47. The van der Waals surface area contributed by atoms with Gasteiger partial charge in [-0.05, 0) is 46.3 Å². The van der Waals surface area contributed by atoms with Crippen molar-refractivity contribution in [2.75, 3.05) is 4.72 Å². The van der Waals surface area contributed by atoms with Gasteiger partial charge in [-0.25, -0.2) is 17.8 Å². The molecule has 0 unspecified atom stereocenters. The maximum atomic E-state index is 13.5. The molecule has 1 aromatic heterocycles. The number of sulfonamides is 1. The van der Waals surface area contributed by atoms with Crippen LogP contribution in [0.3, 0.4) is 0 Å². The van der Waals surface area contributed by atoms with Gasteiger partial charge in [-0.2, -0.15) is 0 Å². The quantitative estimate of drug-likeness (QED) is 0.743. The van der Waals surface area contributed by atoms with Gasteiger partial charge >= 0.3 is 0 Å². The van der Waals surface area contributed by atoms with Crippen molar-refractivity contribution in [1.82, 2.24) is 9.97 Å². The van der Waals surface area contributed by atoms with E-state index in [2.05, 4.69) is 30.6 Å². The number of aromatic amines is 1. The molecule has 1 heterocycles. The molecule has 0 aliphatic rings. The number of benzene rings is 2. The molecule has 3 rings (SSSR count). The highest BCUT2D eigenvalue weighted by Gasteiger charge is 2.17. The number of H-pyrrole nitrogens is 1. The summed E-state index contributed by atoms with van der Waals surface area (Å²) in [4.78, 5) is 6.80. The third-order valence-corrected chi connectivity index (χ3v) is 4.90. The van der Waals surface area contributed by atoms with Crippen LogP contribution in [0.5, 0.6) is 0 Å². The lowest BCUT2D eigenvalue weighted by Gasteiger charge is -2.09. The molecule has 21 heavy (non-hydrogen) atoms. The van der Waals surface area contributed by atoms with Crippen molar-refractivity contribution < 1.29 is 12.8 Å². The number of hydrogen-bond acceptors (Lipinski definition) is 3. The number of anilines is 1. The maximum Gasteiger partial charge on any atom is 0.262 e. The number of imidazole rings is 1. The van der Waals surface area contributed by atoms with Crippen molar-refractivity contribution in [3.63, 3.8) is 0 Å². The predicted molar refractivity (Wildman–Crippen MR) is 81.0 cm³/mol. The minimum Gasteiger partial charge on any atom is -0.345 e. The number of rotatable bonds is 3. The fraction of sp³-hybridized carbons (Fsp3) is 0. The fourth-order valence-corrected chi connectivity index (χ4v) is 3.22. The third kappa shape index (κ3) is 2.64. The smallest absolute Gasteiger partial charge is 0.262 e. The molecule has 0 radical (unpaired) electrons.